The lowest BCUT2D eigenvalue weighted by Crippen LogP contribution is -2.50. The van der Waals surface area contributed by atoms with E-state index in [-0.39, 0.29) is 24.0 Å². The molecule has 0 aliphatic carbocycles. The Hall–Kier alpha value is -3.39. The van der Waals surface area contributed by atoms with Crippen LogP contribution in [0.2, 0.25) is 0 Å². The van der Waals surface area contributed by atoms with Crippen molar-refractivity contribution in [2.24, 2.45) is 0 Å². The summed E-state index contributed by atoms with van der Waals surface area (Å²) < 4.78 is 23.6. The van der Waals surface area contributed by atoms with Crippen molar-refractivity contribution < 1.29 is 18.3 Å². The molecule has 2 aromatic carbocycles. The number of piperazine rings is 1. The number of rotatable bonds is 7. The number of nitrogens with zero attached hydrogens (tertiary/aromatic N) is 2. The number of halogens is 1. The third-order valence-electron chi connectivity index (χ3n) is 5.29. The summed E-state index contributed by atoms with van der Waals surface area (Å²) in [5.74, 6) is 0.0553. The van der Waals surface area contributed by atoms with Crippen LogP contribution < -0.4 is 15.7 Å². The number of anilines is 1. The molecule has 0 unspecified atom stereocenters. The highest BCUT2D eigenvalue weighted by atomic mass is 19.1. The lowest BCUT2D eigenvalue weighted by Gasteiger charge is -2.34. The van der Waals surface area contributed by atoms with E-state index < -0.39 is 0 Å². The molecule has 0 spiro atoms. The van der Waals surface area contributed by atoms with Gasteiger partial charge < -0.3 is 19.4 Å². The number of hydrogen-bond donors (Lipinski definition) is 1. The van der Waals surface area contributed by atoms with Gasteiger partial charge in [0.05, 0.1) is 5.69 Å². The molecule has 1 aliphatic heterocycles. The number of para-hydroxylation sites is 1. The highest BCUT2D eigenvalue weighted by Gasteiger charge is 2.21. The summed E-state index contributed by atoms with van der Waals surface area (Å²) in [5.41, 5.74) is 0.947. The van der Waals surface area contributed by atoms with Gasteiger partial charge in [0.15, 0.2) is 6.61 Å². The lowest BCUT2D eigenvalue weighted by atomic mass is 10.2. The summed E-state index contributed by atoms with van der Waals surface area (Å²) in [4.78, 5) is 28.2. The fourth-order valence-electron chi connectivity index (χ4n) is 3.59. The molecule has 0 atom stereocenters. The Morgan fingerprint density at radius 2 is 1.81 bits per heavy atom. The van der Waals surface area contributed by atoms with E-state index in [1.165, 1.54) is 30.3 Å². The molecule has 162 valence electrons. The molecule has 0 radical (unpaired) electrons. The van der Waals surface area contributed by atoms with Crippen molar-refractivity contribution in [3.8, 4) is 5.75 Å². The summed E-state index contributed by atoms with van der Waals surface area (Å²) in [7, 11) is 0. The molecule has 1 aliphatic rings. The molecule has 7 nitrogen and oxygen atoms in total. The molecule has 31 heavy (non-hydrogen) atoms. The van der Waals surface area contributed by atoms with Gasteiger partial charge >= 0.3 is 5.63 Å². The van der Waals surface area contributed by atoms with E-state index in [4.69, 9.17) is 9.15 Å². The van der Waals surface area contributed by atoms with Gasteiger partial charge in [0.2, 0.25) is 0 Å². The van der Waals surface area contributed by atoms with E-state index in [9.17, 15) is 14.0 Å². The van der Waals surface area contributed by atoms with Crippen LogP contribution >= 0.6 is 0 Å². The summed E-state index contributed by atoms with van der Waals surface area (Å²) in [6, 6.07) is 14.5. The maximum Gasteiger partial charge on any atom is 0.338 e. The van der Waals surface area contributed by atoms with Crippen LogP contribution in [0.25, 0.3) is 11.0 Å². The van der Waals surface area contributed by atoms with Crippen molar-refractivity contribution in [3.63, 3.8) is 0 Å². The molecule has 1 aromatic heterocycles. The van der Waals surface area contributed by atoms with Gasteiger partial charge in [-0.15, -0.1) is 0 Å². The van der Waals surface area contributed by atoms with Gasteiger partial charge in [-0.2, -0.15) is 0 Å². The van der Waals surface area contributed by atoms with Gasteiger partial charge in [0.1, 0.15) is 17.1 Å². The number of ether oxygens (including phenoxy) is 1. The zero-order valence-corrected chi connectivity index (χ0v) is 17.1. The molecule has 0 saturated carbocycles. The molecule has 1 fully saturated rings. The lowest BCUT2D eigenvalue weighted by molar-refractivity contribution is -0.135. The van der Waals surface area contributed by atoms with Crippen molar-refractivity contribution >= 4 is 22.6 Å². The Morgan fingerprint density at radius 3 is 2.58 bits per heavy atom. The minimum atomic E-state index is -0.379. The predicted octanol–water partition coefficient (Wildman–Crippen LogP) is 2.57. The maximum atomic E-state index is 12.9. The molecule has 2 heterocycles. The van der Waals surface area contributed by atoms with Crippen molar-refractivity contribution in [2.75, 3.05) is 51.2 Å². The van der Waals surface area contributed by atoms with Crippen LogP contribution in [0, 0.1) is 5.82 Å². The first-order valence-electron chi connectivity index (χ1n) is 10.2. The van der Waals surface area contributed by atoms with Crippen LogP contribution in [0.4, 0.5) is 10.1 Å². The Morgan fingerprint density at radius 1 is 1.06 bits per heavy atom. The van der Waals surface area contributed by atoms with E-state index in [1.807, 2.05) is 18.2 Å². The smallest absolute Gasteiger partial charge is 0.338 e. The Labute approximate surface area is 179 Å². The fourth-order valence-corrected chi connectivity index (χ4v) is 3.59. The monoisotopic (exact) mass is 425 g/mol. The summed E-state index contributed by atoms with van der Waals surface area (Å²) in [5, 5.41) is 4.20. The van der Waals surface area contributed by atoms with Crippen LogP contribution in [0.1, 0.15) is 0 Å². The fraction of sp³-hybridized carbons (Fsp3) is 0.304. The first-order chi connectivity index (χ1) is 15.1. The molecule has 1 N–H and O–H groups in total. The first kappa shape index (κ1) is 20.9. The van der Waals surface area contributed by atoms with E-state index in [0.29, 0.717) is 31.0 Å². The SMILES string of the molecule is O=C(COc1ccc(F)cc1)N1CCN(CCNc2cc(=O)oc3ccccc23)CC1. The largest absolute Gasteiger partial charge is 0.484 e. The number of benzene rings is 2. The number of hydrogen-bond acceptors (Lipinski definition) is 6. The maximum absolute atomic E-state index is 12.9. The van der Waals surface area contributed by atoms with Crippen molar-refractivity contribution in [3.05, 3.63) is 70.8 Å². The third kappa shape index (κ3) is 5.40. The summed E-state index contributed by atoms with van der Waals surface area (Å²) in [6.45, 7) is 4.20. The standard InChI is InChI=1S/C23H24FN3O4/c24-17-5-7-18(8-6-17)30-16-22(28)27-13-11-26(12-14-27)10-9-25-20-15-23(29)31-21-4-2-1-3-19(20)21/h1-8,15,25H,9-14,16H2. The van der Waals surface area contributed by atoms with Crippen LogP contribution in [0.15, 0.2) is 63.8 Å². The Kier molecular flexibility index (Phi) is 6.47. The topological polar surface area (TPSA) is 75.0 Å². The molecule has 1 saturated heterocycles. The second-order valence-corrected chi connectivity index (χ2v) is 7.37. The van der Waals surface area contributed by atoms with Crippen LogP contribution in [-0.2, 0) is 4.79 Å². The molecule has 1 amide bonds. The van der Waals surface area contributed by atoms with E-state index in [2.05, 4.69) is 10.2 Å². The number of carbonyl (C=O) groups is 1. The zero-order valence-electron chi connectivity index (χ0n) is 17.1. The highest BCUT2D eigenvalue weighted by molar-refractivity contribution is 5.89. The second kappa shape index (κ2) is 9.61. The third-order valence-corrected chi connectivity index (χ3v) is 5.29. The molecule has 0 bridgehead atoms. The molecule has 3 aromatic rings. The minimum absolute atomic E-state index is 0.0587. The zero-order chi connectivity index (χ0) is 21.6. The molecule has 4 rings (SSSR count). The molecule has 8 heteroatoms. The van der Waals surface area contributed by atoms with Gasteiger partial charge in [0, 0.05) is 50.7 Å². The summed E-state index contributed by atoms with van der Waals surface area (Å²) >= 11 is 0. The van der Waals surface area contributed by atoms with Crippen LogP contribution in [0.5, 0.6) is 5.75 Å². The number of amides is 1. The minimum Gasteiger partial charge on any atom is -0.484 e. The van der Waals surface area contributed by atoms with E-state index in [1.54, 1.807) is 11.0 Å². The van der Waals surface area contributed by atoms with E-state index in [0.717, 1.165) is 30.7 Å². The van der Waals surface area contributed by atoms with Gasteiger partial charge in [-0.05, 0) is 36.4 Å². The first-order valence-corrected chi connectivity index (χ1v) is 10.2. The average Bonchev–Trinajstić information content (AvgIpc) is 2.79. The van der Waals surface area contributed by atoms with Crippen molar-refractivity contribution in [1.82, 2.24) is 9.80 Å². The highest BCUT2D eigenvalue weighted by Crippen LogP contribution is 2.20. The number of carbonyl (C=O) groups excluding carboxylic acids is 1. The van der Waals surface area contributed by atoms with Crippen LogP contribution in [0.3, 0.4) is 0 Å². The molecular formula is C23H24FN3O4. The molecular weight excluding hydrogens is 401 g/mol. The quantitative estimate of drug-likeness (QED) is 0.587. The normalized spacial score (nSPS) is 14.5. The van der Waals surface area contributed by atoms with Gasteiger partial charge in [0.25, 0.3) is 5.91 Å². The van der Waals surface area contributed by atoms with Gasteiger partial charge in [-0.3, -0.25) is 9.69 Å². The predicted molar refractivity (Wildman–Crippen MR) is 116 cm³/mol. The Bertz CT molecular complexity index is 1090. The number of nitrogens with one attached hydrogen (secondary N) is 1. The summed E-state index contributed by atoms with van der Waals surface area (Å²) in [6.07, 6.45) is 0. The average molecular weight is 425 g/mol. The van der Waals surface area contributed by atoms with Gasteiger partial charge in [-0.25, -0.2) is 9.18 Å². The van der Waals surface area contributed by atoms with E-state index >= 15 is 0 Å². The van der Waals surface area contributed by atoms with Crippen molar-refractivity contribution in [2.45, 2.75) is 0 Å². The number of fused-ring (bicyclic) bond motifs is 1. The Balaban J connectivity index is 1.21. The van der Waals surface area contributed by atoms with Crippen molar-refractivity contribution in [1.29, 1.82) is 0 Å². The van der Waals surface area contributed by atoms with Gasteiger partial charge in [-0.1, -0.05) is 12.1 Å². The second-order valence-electron chi connectivity index (χ2n) is 7.37. The van der Waals surface area contributed by atoms with Crippen LogP contribution in [-0.4, -0.2) is 61.6 Å².